The predicted octanol–water partition coefficient (Wildman–Crippen LogP) is 1.82. The van der Waals surface area contributed by atoms with Gasteiger partial charge in [-0.1, -0.05) is 57.8 Å². The molecule has 168 valence electrons. The molecule has 0 saturated heterocycles. The van der Waals surface area contributed by atoms with Crippen LogP contribution in [0.5, 0.6) is 0 Å². The van der Waals surface area contributed by atoms with Crippen molar-refractivity contribution in [2.45, 2.75) is 95.5 Å². The van der Waals surface area contributed by atoms with E-state index in [1.165, 1.54) is 5.32 Å². The zero-order valence-electron chi connectivity index (χ0n) is 37.8. The molecule has 0 aromatic carbocycles. The van der Waals surface area contributed by atoms with Crippen molar-refractivity contribution >= 4 is 23.8 Å². The molecular formula is C20H36N2O7. The van der Waals surface area contributed by atoms with E-state index in [1.54, 1.807) is 5.32 Å². The number of aliphatic hydroxyl groups excluding tert-OH is 1. The van der Waals surface area contributed by atoms with Crippen molar-refractivity contribution in [2.75, 3.05) is 6.61 Å². The van der Waals surface area contributed by atoms with Gasteiger partial charge in [0.25, 0.3) is 0 Å². The lowest BCUT2D eigenvalue weighted by atomic mass is 10.1. The molecule has 0 bridgehead atoms. The monoisotopic (exact) mass is 439 g/mol. The normalized spacial score (nSPS) is 29.9. The van der Waals surface area contributed by atoms with Crippen LogP contribution in [0.25, 0.3) is 0 Å². The van der Waals surface area contributed by atoms with E-state index in [9.17, 15) is 29.4 Å². The van der Waals surface area contributed by atoms with Crippen LogP contribution in [-0.2, 0) is 19.2 Å². The van der Waals surface area contributed by atoms with Gasteiger partial charge >= 0.3 is 11.9 Å². The number of rotatable bonds is 18. The summed E-state index contributed by atoms with van der Waals surface area (Å²) in [6.07, 6.45) is -49.2. The van der Waals surface area contributed by atoms with Crippen LogP contribution < -0.4 is 10.6 Å². The Bertz CT molecular complexity index is 1360. The quantitative estimate of drug-likeness (QED) is 0.218. The van der Waals surface area contributed by atoms with E-state index < -0.39 is 126 Å². The van der Waals surface area contributed by atoms with Crippen LogP contribution in [0.4, 0.5) is 0 Å². The minimum absolute atomic E-state index is 0.743. The number of hydrogen-bond donors (Lipinski definition) is 5. The van der Waals surface area contributed by atoms with Gasteiger partial charge in [0.1, 0.15) is 12.1 Å². The molecule has 9 nitrogen and oxygen atoms in total. The van der Waals surface area contributed by atoms with Gasteiger partial charge in [0.05, 0.1) is 6.61 Å². The molecule has 0 saturated carbocycles. The van der Waals surface area contributed by atoms with Gasteiger partial charge in [-0.05, 0) is 12.8 Å². The number of nitrogens with one attached hydrogen (secondary N) is 2. The Labute approximate surface area is 204 Å². The van der Waals surface area contributed by atoms with Crippen molar-refractivity contribution < 1.29 is 66.0 Å². The highest BCUT2D eigenvalue weighted by molar-refractivity contribution is 5.90. The van der Waals surface area contributed by atoms with Crippen LogP contribution in [-0.4, -0.2) is 57.8 Å². The molecule has 29 heavy (non-hydrogen) atoms. The maximum Gasteiger partial charge on any atom is 0.326 e. The molecule has 0 rings (SSSR count). The fraction of sp³-hybridized carbons (Fsp3) is 0.800. The third-order valence-electron chi connectivity index (χ3n) is 2.74. The third-order valence-corrected chi connectivity index (χ3v) is 2.74. The molecule has 0 aromatic rings. The summed E-state index contributed by atoms with van der Waals surface area (Å²) in [4.78, 5) is 47.6. The van der Waals surface area contributed by atoms with E-state index in [1.807, 2.05) is 0 Å². The molecule has 0 aromatic heterocycles. The van der Waals surface area contributed by atoms with Gasteiger partial charge in [0.2, 0.25) is 11.8 Å². The van der Waals surface area contributed by atoms with Crippen molar-refractivity contribution in [2.24, 2.45) is 0 Å². The fourth-order valence-electron chi connectivity index (χ4n) is 1.49. The first-order valence-electron chi connectivity index (χ1n) is 19.2. The fourth-order valence-corrected chi connectivity index (χ4v) is 1.49. The van der Waals surface area contributed by atoms with Crippen LogP contribution in [0.2, 0.25) is 0 Å². The molecule has 5 N–H and O–H groups in total. The number of carbonyl (C=O) groups is 4. The zero-order valence-corrected chi connectivity index (χ0v) is 14.8. The zero-order chi connectivity index (χ0) is 42.5. The molecule has 0 heterocycles. The number of carboxylic acid groups (broad SMARTS) is 2. The summed E-state index contributed by atoms with van der Waals surface area (Å²) in [7, 11) is 0. The minimum Gasteiger partial charge on any atom is -0.481 e. The maximum absolute atomic E-state index is 12.9. The summed E-state index contributed by atoms with van der Waals surface area (Å²) in [6.45, 7) is -5.57. The Morgan fingerprint density at radius 3 is 2.00 bits per heavy atom. The summed E-state index contributed by atoms with van der Waals surface area (Å²) in [6, 6.07) is -4.35. The van der Waals surface area contributed by atoms with Crippen LogP contribution in [0.15, 0.2) is 0 Å². The van der Waals surface area contributed by atoms with Gasteiger partial charge in [-0.25, -0.2) is 4.79 Å². The summed E-state index contributed by atoms with van der Waals surface area (Å²) in [5, 5.41) is 30.6. The Morgan fingerprint density at radius 1 is 0.897 bits per heavy atom. The van der Waals surface area contributed by atoms with Crippen molar-refractivity contribution in [1.82, 2.24) is 10.6 Å². The Balaban J connectivity index is 6.97. The summed E-state index contributed by atoms with van der Waals surface area (Å²) in [5.41, 5.74) is 0. The number of carbonyl (C=O) groups excluding carboxylic acids is 2. The number of carboxylic acids is 2. The predicted molar refractivity (Wildman–Crippen MR) is 107 cm³/mol. The molecule has 0 unspecified atom stereocenters. The molecular weight excluding hydrogens is 380 g/mol. The smallest absolute Gasteiger partial charge is 0.326 e. The maximum atomic E-state index is 12.9. The lowest BCUT2D eigenvalue weighted by Gasteiger charge is -2.19. The number of amides is 2. The van der Waals surface area contributed by atoms with Crippen LogP contribution >= 0.6 is 0 Å². The molecule has 2 amide bonds. The van der Waals surface area contributed by atoms with Gasteiger partial charge in [-0.2, -0.15) is 0 Å². The molecule has 0 aliphatic carbocycles. The number of aliphatic hydroxyl groups is 1. The molecule has 0 aliphatic heterocycles. The number of hydrogen-bond acceptors (Lipinski definition) is 5. The van der Waals surface area contributed by atoms with Gasteiger partial charge in [-0.3, -0.25) is 14.4 Å². The summed E-state index contributed by atoms with van der Waals surface area (Å²) in [5.74, 6) is -7.34. The topological polar surface area (TPSA) is 153 Å². The Hall–Kier alpha value is -2.16. The highest BCUT2D eigenvalue weighted by Gasteiger charge is 2.26. The highest BCUT2D eigenvalue weighted by Crippen LogP contribution is 2.10. The first kappa shape index (κ1) is 7.51. The average molecular weight is 440 g/mol. The largest absolute Gasteiger partial charge is 0.481 e. The SMILES string of the molecule is [2H]C([2H])([2H])C([2H])([2H])C([2H])([2H])C([2H])([2H])C([2H])([2H])C([2H])([2H])C([2H])([2H])C([2H])([2H])C([2H])([2H])C([2H])([2H])C([2H])([2H])C(=O)N[C@@H](CO)C(=O)N[C@H](CCC(=O)O)C(=O)O. The average Bonchev–Trinajstić information content (AvgIpc) is 2.95. The lowest BCUT2D eigenvalue weighted by Crippen LogP contribution is -2.53. The van der Waals surface area contributed by atoms with E-state index >= 15 is 0 Å². The van der Waals surface area contributed by atoms with Gasteiger partial charge in [-0.15, -0.1) is 0 Å². The second-order valence-corrected chi connectivity index (χ2v) is 4.79. The second-order valence-electron chi connectivity index (χ2n) is 4.79. The van der Waals surface area contributed by atoms with E-state index in [-0.39, 0.29) is 0 Å². The number of aliphatic carboxylic acids is 2. The van der Waals surface area contributed by atoms with Crippen molar-refractivity contribution in [1.29, 1.82) is 0 Å². The summed E-state index contributed by atoms with van der Waals surface area (Å²) >= 11 is 0. The lowest BCUT2D eigenvalue weighted by molar-refractivity contribution is -0.143. The van der Waals surface area contributed by atoms with Crippen LogP contribution in [0.3, 0.4) is 0 Å². The van der Waals surface area contributed by atoms with E-state index in [0.29, 0.717) is 0 Å². The van der Waals surface area contributed by atoms with Crippen molar-refractivity contribution in [3.05, 3.63) is 0 Å². The van der Waals surface area contributed by atoms with Crippen molar-refractivity contribution in [3.63, 3.8) is 0 Å². The Morgan fingerprint density at radius 2 is 1.48 bits per heavy atom. The molecule has 0 aliphatic rings. The molecule has 0 spiro atoms. The van der Waals surface area contributed by atoms with Gasteiger partial charge < -0.3 is 26.0 Å². The van der Waals surface area contributed by atoms with E-state index in [4.69, 9.17) is 36.6 Å². The molecule has 0 radical (unpaired) electrons. The van der Waals surface area contributed by atoms with Gasteiger partial charge in [0.15, 0.2) is 0 Å². The molecule has 2 atom stereocenters. The Kier molecular flexibility index (Phi) is 4.34. The minimum atomic E-state index is -4.97. The van der Waals surface area contributed by atoms with Crippen molar-refractivity contribution in [3.8, 4) is 0 Å². The van der Waals surface area contributed by atoms with Crippen LogP contribution in [0, 0.1) is 0 Å². The highest BCUT2D eigenvalue weighted by atomic mass is 16.4. The van der Waals surface area contributed by atoms with Crippen LogP contribution in [0.1, 0.15) is 115 Å². The van der Waals surface area contributed by atoms with Gasteiger partial charge in [0, 0.05) is 44.3 Å². The standard InChI is InChI=1S/C20H36N2O7/c1-2-3-4-5-6-7-8-9-10-11-17(24)21-16(14-23)19(27)22-15(20(28)29)12-13-18(25)26/h15-16,23H,2-14H2,1H3,(H,21,24)(H,22,27)(H,25,26)(H,28,29)/t15-,16+/m1/s1/i1D3,2D2,3D2,4D2,5D2,6D2,7D2,8D2,9D2,10D2,11D2. The van der Waals surface area contributed by atoms with E-state index in [2.05, 4.69) is 0 Å². The molecule has 0 fully saturated rings. The third kappa shape index (κ3) is 14.5. The second kappa shape index (κ2) is 16.8. The first-order chi connectivity index (χ1) is 22.5. The van der Waals surface area contributed by atoms with E-state index in [0.717, 1.165) is 0 Å². The molecule has 9 heteroatoms. The summed E-state index contributed by atoms with van der Waals surface area (Å²) < 4.78 is 182. The first-order valence-corrected chi connectivity index (χ1v) is 7.65.